The molecule has 4 aliphatic carbocycles. The molecule has 4 rings (SSSR count). The Morgan fingerprint density at radius 2 is 0.688 bits per heavy atom. The van der Waals surface area contributed by atoms with Gasteiger partial charge in [0.2, 0.25) is 0 Å². The lowest BCUT2D eigenvalue weighted by Gasteiger charge is -2.40. The Balaban J connectivity index is 1.28. The van der Waals surface area contributed by atoms with Crippen molar-refractivity contribution in [2.24, 2.45) is 0 Å². The third-order valence-electron chi connectivity index (χ3n) is 9.94. The molecule has 0 radical (unpaired) electrons. The van der Waals surface area contributed by atoms with E-state index in [4.69, 9.17) is 0 Å². The van der Waals surface area contributed by atoms with Crippen molar-refractivity contribution in [2.45, 2.75) is 170 Å². The van der Waals surface area contributed by atoms with Crippen LogP contribution in [0.4, 0.5) is 0 Å². The van der Waals surface area contributed by atoms with E-state index in [1.807, 2.05) is 0 Å². The zero-order valence-electron chi connectivity index (χ0n) is 21.8. The summed E-state index contributed by atoms with van der Waals surface area (Å²) in [6.07, 6.45) is 35.1. The molecular formula is C29H56P2Si. The average Bonchev–Trinajstić information content (AvgIpc) is 2.87. The van der Waals surface area contributed by atoms with Crippen LogP contribution in [0.25, 0.3) is 0 Å². The summed E-state index contributed by atoms with van der Waals surface area (Å²) in [5.41, 5.74) is 4.74. The first-order valence-corrected chi connectivity index (χ1v) is 21.4. The van der Waals surface area contributed by atoms with E-state index in [0.29, 0.717) is 15.8 Å². The molecule has 0 atom stereocenters. The van der Waals surface area contributed by atoms with Crippen molar-refractivity contribution in [3.63, 3.8) is 0 Å². The maximum absolute atomic E-state index is 2.80. The van der Waals surface area contributed by atoms with Gasteiger partial charge in [0.1, 0.15) is 0 Å². The van der Waals surface area contributed by atoms with E-state index < -0.39 is 8.80 Å². The smallest absolute Gasteiger partial charge is 0.0343 e. The lowest BCUT2D eigenvalue weighted by atomic mass is 9.99. The van der Waals surface area contributed by atoms with Gasteiger partial charge in [0.05, 0.1) is 0 Å². The first-order valence-electron chi connectivity index (χ1n) is 15.3. The third-order valence-corrected chi connectivity index (χ3v) is 20.8. The second kappa shape index (κ2) is 14.6. The average molecular weight is 495 g/mol. The Morgan fingerprint density at radius 3 is 0.938 bits per heavy atom. The van der Waals surface area contributed by atoms with Gasteiger partial charge in [-0.3, -0.25) is 0 Å². The van der Waals surface area contributed by atoms with Crippen LogP contribution in [0, 0.1) is 0 Å². The third kappa shape index (κ3) is 8.06. The van der Waals surface area contributed by atoms with E-state index in [2.05, 4.69) is 6.55 Å². The highest BCUT2D eigenvalue weighted by molar-refractivity contribution is 7.59. The summed E-state index contributed by atoms with van der Waals surface area (Å²) in [5, 5.41) is 0. The van der Waals surface area contributed by atoms with Gasteiger partial charge >= 0.3 is 0 Å². The van der Waals surface area contributed by atoms with Crippen LogP contribution in [0.15, 0.2) is 0 Å². The van der Waals surface area contributed by atoms with Gasteiger partial charge in [-0.05, 0) is 86.3 Å². The quantitative estimate of drug-likeness (QED) is 0.209. The molecule has 32 heavy (non-hydrogen) atoms. The summed E-state index contributed by atoms with van der Waals surface area (Å²) in [6.45, 7) is 2.80. The van der Waals surface area contributed by atoms with Gasteiger partial charge in [-0.1, -0.05) is 95.7 Å². The normalized spacial score (nSPS) is 25.9. The van der Waals surface area contributed by atoms with Crippen LogP contribution in [0.5, 0.6) is 0 Å². The molecule has 0 saturated heterocycles. The first kappa shape index (κ1) is 26.1. The molecule has 0 heterocycles. The molecule has 0 nitrogen and oxygen atoms in total. The maximum Gasteiger partial charge on any atom is 0.0343 e. The molecule has 186 valence electrons. The lowest BCUT2D eigenvalue weighted by molar-refractivity contribution is 0.484. The highest BCUT2D eigenvalue weighted by Crippen LogP contribution is 2.58. The van der Waals surface area contributed by atoms with Crippen molar-refractivity contribution in [2.75, 3.05) is 12.3 Å². The number of hydrogen-bond acceptors (Lipinski definition) is 0. The van der Waals surface area contributed by atoms with Gasteiger partial charge < -0.3 is 0 Å². The zero-order chi connectivity index (χ0) is 22.0. The molecule has 4 saturated carbocycles. The first-order chi connectivity index (χ1) is 15.8. The van der Waals surface area contributed by atoms with Crippen LogP contribution in [-0.2, 0) is 0 Å². The van der Waals surface area contributed by atoms with Crippen molar-refractivity contribution in [3.05, 3.63) is 0 Å². The molecule has 0 aromatic carbocycles. The molecule has 0 aromatic heterocycles. The topological polar surface area (TPSA) is 0 Å². The van der Waals surface area contributed by atoms with Crippen LogP contribution in [0.3, 0.4) is 0 Å². The van der Waals surface area contributed by atoms with Gasteiger partial charge in [0.15, 0.2) is 0 Å². The molecule has 0 bridgehead atoms. The molecule has 0 unspecified atom stereocenters. The molecular weight excluding hydrogens is 438 g/mol. The van der Waals surface area contributed by atoms with Crippen LogP contribution in [0.1, 0.15) is 128 Å². The Morgan fingerprint density at radius 1 is 0.438 bits per heavy atom. The van der Waals surface area contributed by atoms with Crippen molar-refractivity contribution in [1.82, 2.24) is 0 Å². The minimum absolute atomic E-state index is 0.360. The van der Waals surface area contributed by atoms with E-state index in [-0.39, 0.29) is 0 Å². The summed E-state index contributed by atoms with van der Waals surface area (Å²) in [6, 6.07) is 3.44. The summed E-state index contributed by atoms with van der Waals surface area (Å²) in [4.78, 5) is 0. The van der Waals surface area contributed by atoms with Gasteiger partial charge in [-0.15, -0.1) is 15.8 Å². The second-order valence-corrected chi connectivity index (χ2v) is 21.6. The number of hydrogen-bond donors (Lipinski definition) is 0. The predicted octanol–water partition coefficient (Wildman–Crippen LogP) is 10.1. The van der Waals surface area contributed by atoms with E-state index in [0.717, 1.165) is 0 Å². The minimum Gasteiger partial charge on any atom is -0.101 e. The maximum atomic E-state index is 2.80. The Hall–Kier alpha value is 1.08. The molecule has 3 heteroatoms. The minimum atomic E-state index is -0.499. The van der Waals surface area contributed by atoms with Crippen LogP contribution in [-0.4, -0.2) is 43.8 Å². The molecule has 0 spiro atoms. The summed E-state index contributed by atoms with van der Waals surface area (Å²) in [5.74, 6) is 0. The van der Waals surface area contributed by atoms with Gasteiger partial charge in [-0.25, -0.2) is 0 Å². The van der Waals surface area contributed by atoms with Crippen LogP contribution < -0.4 is 0 Å². The van der Waals surface area contributed by atoms with E-state index in [9.17, 15) is 0 Å². The Bertz CT molecular complexity index is 407. The summed E-state index contributed by atoms with van der Waals surface area (Å²) in [7, 11) is 0.222. The van der Waals surface area contributed by atoms with E-state index in [1.54, 1.807) is 153 Å². The standard InChI is InChI=1S/C29H56P2Si/c1-32(24-22-30(26-14-6-2-7-15-26)27-16-8-3-9-17-27)25-23-31(28-18-10-4-11-19-28)29-20-12-5-13-21-29/h26-29,32H,2-25H2,1H3. The number of rotatable bonds is 10. The SMILES string of the molecule is C[SiH](CCP(C1CCCCC1)C1CCCCC1)CCP(C1CCCCC1)C1CCCCC1. The van der Waals surface area contributed by atoms with Crippen molar-refractivity contribution < 1.29 is 0 Å². The summed E-state index contributed by atoms with van der Waals surface area (Å²) < 4.78 is 0. The highest BCUT2D eigenvalue weighted by atomic mass is 31.1. The Labute approximate surface area is 206 Å². The van der Waals surface area contributed by atoms with Crippen molar-refractivity contribution in [1.29, 1.82) is 0 Å². The summed E-state index contributed by atoms with van der Waals surface area (Å²) >= 11 is 0. The zero-order valence-corrected chi connectivity index (χ0v) is 24.7. The largest absolute Gasteiger partial charge is 0.101 e. The predicted molar refractivity (Wildman–Crippen MR) is 154 cm³/mol. The van der Waals surface area contributed by atoms with Gasteiger partial charge in [-0.2, -0.15) is 0 Å². The molecule has 4 aliphatic rings. The lowest BCUT2D eigenvalue weighted by Crippen LogP contribution is -2.25. The molecule has 0 aliphatic heterocycles. The van der Waals surface area contributed by atoms with Crippen LogP contribution in [0.2, 0.25) is 18.6 Å². The Kier molecular flexibility index (Phi) is 11.9. The van der Waals surface area contributed by atoms with Crippen molar-refractivity contribution >= 4 is 24.6 Å². The van der Waals surface area contributed by atoms with E-state index in [1.165, 1.54) is 22.6 Å². The van der Waals surface area contributed by atoms with E-state index >= 15 is 0 Å². The van der Waals surface area contributed by atoms with Gasteiger partial charge in [0.25, 0.3) is 0 Å². The molecule has 0 amide bonds. The molecule has 0 aromatic rings. The monoisotopic (exact) mass is 494 g/mol. The second-order valence-electron chi connectivity index (χ2n) is 12.3. The van der Waals surface area contributed by atoms with Gasteiger partial charge in [0, 0.05) is 8.80 Å². The molecule has 0 N–H and O–H groups in total. The fraction of sp³-hybridized carbons (Fsp3) is 1.00. The fourth-order valence-corrected chi connectivity index (χ4v) is 20.8. The van der Waals surface area contributed by atoms with Crippen LogP contribution >= 0.6 is 15.8 Å². The van der Waals surface area contributed by atoms with Crippen molar-refractivity contribution in [3.8, 4) is 0 Å². The highest BCUT2D eigenvalue weighted by Gasteiger charge is 2.33. The molecule has 4 fully saturated rings. The fourth-order valence-electron chi connectivity index (χ4n) is 7.86.